The smallest absolute Gasteiger partial charge is 0.234 e. The molecule has 5 nitrogen and oxygen atoms in total. The molecule has 1 fully saturated rings. The first-order valence-corrected chi connectivity index (χ1v) is 8.22. The van der Waals surface area contributed by atoms with Crippen molar-refractivity contribution in [2.24, 2.45) is 0 Å². The first kappa shape index (κ1) is 11.8. The number of rotatable bonds is 2. The second-order valence-electron chi connectivity index (χ2n) is 5.85. The van der Waals surface area contributed by atoms with E-state index in [4.69, 9.17) is 5.10 Å². The van der Waals surface area contributed by atoms with E-state index in [1.54, 1.807) is 11.3 Å². The lowest BCUT2D eigenvalue weighted by Gasteiger charge is -2.24. The van der Waals surface area contributed by atoms with Crippen LogP contribution in [0.25, 0.3) is 4.96 Å². The van der Waals surface area contributed by atoms with E-state index >= 15 is 0 Å². The topological polar surface area (TPSA) is 55.1 Å². The largest absolute Gasteiger partial charge is 0.312 e. The molecule has 0 amide bonds. The lowest BCUT2D eigenvalue weighted by molar-refractivity contribution is 0.583. The van der Waals surface area contributed by atoms with Crippen LogP contribution in [0.1, 0.15) is 46.6 Å². The summed E-state index contributed by atoms with van der Waals surface area (Å²) in [5, 5.41) is 18.1. The molecule has 1 unspecified atom stereocenters. The Balaban J connectivity index is 1.61. The van der Waals surface area contributed by atoms with Crippen molar-refractivity contribution < 1.29 is 0 Å². The summed E-state index contributed by atoms with van der Waals surface area (Å²) in [7, 11) is 0. The van der Waals surface area contributed by atoms with Crippen molar-refractivity contribution in [2.45, 2.75) is 31.2 Å². The fourth-order valence-electron chi connectivity index (χ4n) is 3.10. The van der Waals surface area contributed by atoms with E-state index in [-0.39, 0.29) is 0 Å². The van der Waals surface area contributed by atoms with Gasteiger partial charge < -0.3 is 5.32 Å². The lowest BCUT2D eigenvalue weighted by atomic mass is 9.91. The normalized spacial score (nSPS) is 21.6. The number of aromatic nitrogens is 4. The van der Waals surface area contributed by atoms with Gasteiger partial charge in [-0.05, 0) is 24.0 Å². The summed E-state index contributed by atoms with van der Waals surface area (Å²) < 4.78 is 1.97. The Labute approximate surface area is 126 Å². The molecule has 1 aliphatic heterocycles. The molecule has 2 aromatic heterocycles. The first-order valence-electron chi connectivity index (χ1n) is 7.41. The van der Waals surface area contributed by atoms with E-state index in [0.717, 1.165) is 28.9 Å². The van der Waals surface area contributed by atoms with Gasteiger partial charge in [-0.15, -0.1) is 10.2 Å². The zero-order chi connectivity index (χ0) is 13.8. The fraction of sp³-hybridized carbons (Fsp3) is 0.400. The number of nitrogens with zero attached hydrogens (tertiary/aromatic N) is 4. The highest BCUT2D eigenvalue weighted by atomic mass is 32.1. The Morgan fingerprint density at radius 2 is 2.10 bits per heavy atom. The summed E-state index contributed by atoms with van der Waals surface area (Å²) in [6, 6.07) is 8.65. The summed E-state index contributed by atoms with van der Waals surface area (Å²) in [6.07, 6.45) is 2.45. The zero-order valence-corrected chi connectivity index (χ0v) is 12.3. The van der Waals surface area contributed by atoms with Crippen LogP contribution in [0.3, 0.4) is 0 Å². The number of benzene rings is 1. The monoisotopic (exact) mass is 297 g/mol. The van der Waals surface area contributed by atoms with Gasteiger partial charge in [-0.1, -0.05) is 35.6 Å². The Kier molecular flexibility index (Phi) is 2.45. The molecule has 1 N–H and O–H groups in total. The maximum absolute atomic E-state index is 4.83. The molecule has 1 aromatic carbocycles. The quantitative estimate of drug-likeness (QED) is 0.788. The highest BCUT2D eigenvalue weighted by Crippen LogP contribution is 2.40. The Morgan fingerprint density at radius 3 is 3.00 bits per heavy atom. The third-order valence-electron chi connectivity index (χ3n) is 4.37. The molecule has 2 aliphatic rings. The van der Waals surface area contributed by atoms with Crippen LogP contribution in [0.5, 0.6) is 0 Å². The van der Waals surface area contributed by atoms with Gasteiger partial charge in [0.15, 0.2) is 5.82 Å². The molecule has 0 saturated heterocycles. The third kappa shape index (κ3) is 1.82. The Morgan fingerprint density at radius 1 is 1.19 bits per heavy atom. The number of fused-ring (bicyclic) bond motifs is 2. The van der Waals surface area contributed by atoms with Crippen LogP contribution >= 0.6 is 11.3 Å². The van der Waals surface area contributed by atoms with Gasteiger partial charge in [-0.3, -0.25) is 0 Å². The minimum absolute atomic E-state index is 0.328. The second kappa shape index (κ2) is 4.35. The van der Waals surface area contributed by atoms with Gasteiger partial charge in [-0.2, -0.15) is 9.61 Å². The number of hydrogen-bond donors (Lipinski definition) is 1. The molecule has 0 radical (unpaired) electrons. The molecule has 1 saturated carbocycles. The molecule has 3 aromatic rings. The van der Waals surface area contributed by atoms with Crippen molar-refractivity contribution >= 4 is 16.3 Å². The van der Waals surface area contributed by atoms with Crippen LogP contribution in [-0.2, 0) is 6.54 Å². The maximum atomic E-state index is 4.83. The van der Waals surface area contributed by atoms with E-state index < -0.39 is 0 Å². The molecule has 21 heavy (non-hydrogen) atoms. The van der Waals surface area contributed by atoms with Crippen LogP contribution in [0.4, 0.5) is 0 Å². The Hall–Kier alpha value is -1.79. The summed E-state index contributed by atoms with van der Waals surface area (Å²) in [5.74, 6) is 1.95. The van der Waals surface area contributed by atoms with Crippen molar-refractivity contribution in [1.29, 1.82) is 0 Å². The molecule has 0 bridgehead atoms. The van der Waals surface area contributed by atoms with Gasteiger partial charge in [0.05, 0.1) is 5.92 Å². The van der Waals surface area contributed by atoms with Crippen molar-refractivity contribution in [3.63, 3.8) is 0 Å². The minimum Gasteiger partial charge on any atom is -0.312 e. The lowest BCUT2D eigenvalue weighted by Crippen LogP contribution is -2.28. The SMILES string of the molecule is c1ccc2c(c1)CNCC2c1nn2c(C3CC3)nnc2s1. The van der Waals surface area contributed by atoms with Gasteiger partial charge >= 0.3 is 0 Å². The third-order valence-corrected chi connectivity index (χ3v) is 5.38. The van der Waals surface area contributed by atoms with Crippen LogP contribution in [0.15, 0.2) is 24.3 Å². The summed E-state index contributed by atoms with van der Waals surface area (Å²) in [4.78, 5) is 0.926. The van der Waals surface area contributed by atoms with E-state index in [1.807, 2.05) is 4.52 Å². The van der Waals surface area contributed by atoms with Crippen LogP contribution in [-0.4, -0.2) is 26.4 Å². The first-order chi connectivity index (χ1) is 10.4. The van der Waals surface area contributed by atoms with Gasteiger partial charge in [0, 0.05) is 19.0 Å². The maximum Gasteiger partial charge on any atom is 0.234 e. The van der Waals surface area contributed by atoms with Crippen molar-refractivity contribution in [3.05, 3.63) is 46.2 Å². The molecule has 3 heterocycles. The van der Waals surface area contributed by atoms with E-state index in [2.05, 4.69) is 39.8 Å². The fourth-order valence-corrected chi connectivity index (χ4v) is 4.06. The zero-order valence-electron chi connectivity index (χ0n) is 11.5. The van der Waals surface area contributed by atoms with E-state index in [1.165, 1.54) is 24.0 Å². The highest BCUT2D eigenvalue weighted by molar-refractivity contribution is 7.16. The number of hydrogen-bond acceptors (Lipinski definition) is 5. The summed E-state index contributed by atoms with van der Waals surface area (Å²) in [6.45, 7) is 1.89. The average Bonchev–Trinajstić information content (AvgIpc) is 3.15. The molecule has 5 rings (SSSR count). The molecule has 6 heteroatoms. The summed E-state index contributed by atoms with van der Waals surface area (Å²) >= 11 is 1.67. The van der Waals surface area contributed by atoms with Gasteiger partial charge in [0.2, 0.25) is 4.96 Å². The molecule has 0 spiro atoms. The average molecular weight is 297 g/mol. The van der Waals surface area contributed by atoms with Crippen LogP contribution in [0.2, 0.25) is 0 Å². The van der Waals surface area contributed by atoms with E-state index in [9.17, 15) is 0 Å². The van der Waals surface area contributed by atoms with Gasteiger partial charge in [0.1, 0.15) is 5.01 Å². The molecule has 106 valence electrons. The standard InChI is InChI=1S/C15H15N5S/c1-2-4-11-10(3-1)7-16-8-12(11)14-19-20-13(9-5-6-9)17-18-15(20)21-14/h1-4,9,12,16H,5-8H2. The van der Waals surface area contributed by atoms with Crippen LogP contribution < -0.4 is 5.32 Å². The van der Waals surface area contributed by atoms with Gasteiger partial charge in [-0.25, -0.2) is 0 Å². The molecular formula is C15H15N5S. The minimum atomic E-state index is 0.328. The van der Waals surface area contributed by atoms with Crippen molar-refractivity contribution in [1.82, 2.24) is 25.1 Å². The molecule has 1 aliphatic carbocycles. The summed E-state index contributed by atoms with van der Waals surface area (Å²) in [5.41, 5.74) is 2.77. The Bertz CT molecular complexity index is 816. The second-order valence-corrected chi connectivity index (χ2v) is 6.84. The van der Waals surface area contributed by atoms with Crippen LogP contribution in [0, 0.1) is 0 Å². The van der Waals surface area contributed by atoms with Crippen molar-refractivity contribution in [3.8, 4) is 0 Å². The predicted molar refractivity (Wildman–Crippen MR) is 80.6 cm³/mol. The van der Waals surface area contributed by atoms with Crippen molar-refractivity contribution in [2.75, 3.05) is 6.54 Å². The van der Waals surface area contributed by atoms with Gasteiger partial charge in [0.25, 0.3) is 0 Å². The molecule has 1 atom stereocenters. The predicted octanol–water partition coefficient (Wildman–Crippen LogP) is 2.30. The van der Waals surface area contributed by atoms with E-state index in [0.29, 0.717) is 11.8 Å². The highest BCUT2D eigenvalue weighted by Gasteiger charge is 2.31. The molecular weight excluding hydrogens is 282 g/mol. The number of nitrogens with one attached hydrogen (secondary N) is 1.